The SMILES string of the molecule is Cc1ncc(C(=O)NC(CCO)C(C)C)s1. The zero-order valence-corrected chi connectivity index (χ0v) is 10.7. The summed E-state index contributed by atoms with van der Waals surface area (Å²) in [6, 6.07) is 0.0138. The molecule has 16 heavy (non-hydrogen) atoms. The lowest BCUT2D eigenvalue weighted by Gasteiger charge is -2.20. The van der Waals surface area contributed by atoms with E-state index in [-0.39, 0.29) is 18.6 Å². The van der Waals surface area contributed by atoms with Crippen LogP contribution in [-0.2, 0) is 0 Å². The molecule has 0 bridgehead atoms. The van der Waals surface area contributed by atoms with Crippen LogP contribution in [-0.4, -0.2) is 28.6 Å². The van der Waals surface area contributed by atoms with E-state index in [1.54, 1.807) is 6.20 Å². The van der Waals surface area contributed by atoms with Crippen molar-refractivity contribution in [3.8, 4) is 0 Å². The molecule has 0 aromatic carbocycles. The summed E-state index contributed by atoms with van der Waals surface area (Å²) in [6.45, 7) is 6.01. The average Bonchev–Trinajstić information content (AvgIpc) is 2.64. The molecule has 1 amide bonds. The van der Waals surface area contributed by atoms with Crippen molar-refractivity contribution in [2.24, 2.45) is 5.92 Å². The third-order valence-corrected chi connectivity index (χ3v) is 3.32. The van der Waals surface area contributed by atoms with Crippen LogP contribution in [0, 0.1) is 12.8 Å². The monoisotopic (exact) mass is 242 g/mol. The summed E-state index contributed by atoms with van der Waals surface area (Å²) in [6.07, 6.45) is 2.17. The fraction of sp³-hybridized carbons (Fsp3) is 0.636. The standard InChI is InChI=1S/C11H18N2O2S/c1-7(2)9(4-5-14)13-11(15)10-6-12-8(3)16-10/h6-7,9,14H,4-5H2,1-3H3,(H,13,15). The Balaban J connectivity index is 2.61. The molecule has 1 unspecified atom stereocenters. The van der Waals surface area contributed by atoms with Crippen LogP contribution in [0.4, 0.5) is 0 Å². The van der Waals surface area contributed by atoms with Crippen LogP contribution < -0.4 is 5.32 Å². The van der Waals surface area contributed by atoms with Gasteiger partial charge in [-0.3, -0.25) is 4.79 Å². The zero-order chi connectivity index (χ0) is 12.1. The molecule has 1 aromatic heterocycles. The number of aliphatic hydroxyl groups is 1. The maximum Gasteiger partial charge on any atom is 0.263 e. The third kappa shape index (κ3) is 3.57. The number of aromatic nitrogens is 1. The Hall–Kier alpha value is -0.940. The highest BCUT2D eigenvalue weighted by Crippen LogP contribution is 2.13. The van der Waals surface area contributed by atoms with Crippen molar-refractivity contribution in [3.63, 3.8) is 0 Å². The van der Waals surface area contributed by atoms with Crippen LogP contribution in [0.5, 0.6) is 0 Å². The van der Waals surface area contributed by atoms with E-state index in [1.807, 2.05) is 20.8 Å². The molecule has 0 spiro atoms. The normalized spacial score (nSPS) is 12.8. The number of carbonyl (C=O) groups is 1. The number of rotatable bonds is 5. The van der Waals surface area contributed by atoms with E-state index in [0.717, 1.165) is 5.01 Å². The Bertz CT molecular complexity index is 350. The quantitative estimate of drug-likeness (QED) is 0.824. The van der Waals surface area contributed by atoms with Gasteiger partial charge in [0, 0.05) is 12.6 Å². The Morgan fingerprint density at radius 3 is 2.75 bits per heavy atom. The van der Waals surface area contributed by atoms with E-state index in [2.05, 4.69) is 10.3 Å². The minimum Gasteiger partial charge on any atom is -0.396 e. The number of nitrogens with zero attached hydrogens (tertiary/aromatic N) is 1. The van der Waals surface area contributed by atoms with Crippen LogP contribution in [0.3, 0.4) is 0 Å². The van der Waals surface area contributed by atoms with Gasteiger partial charge in [0.25, 0.3) is 5.91 Å². The fourth-order valence-electron chi connectivity index (χ4n) is 1.42. The molecule has 0 aliphatic heterocycles. The molecule has 5 heteroatoms. The van der Waals surface area contributed by atoms with Crippen molar-refractivity contribution in [1.29, 1.82) is 0 Å². The second-order valence-electron chi connectivity index (χ2n) is 4.08. The number of aliphatic hydroxyl groups excluding tert-OH is 1. The molecule has 1 heterocycles. The van der Waals surface area contributed by atoms with Crippen molar-refractivity contribution in [2.75, 3.05) is 6.61 Å². The van der Waals surface area contributed by atoms with Gasteiger partial charge in [-0.15, -0.1) is 11.3 Å². The lowest BCUT2D eigenvalue weighted by molar-refractivity contribution is 0.0920. The van der Waals surface area contributed by atoms with E-state index in [4.69, 9.17) is 5.11 Å². The Morgan fingerprint density at radius 2 is 2.31 bits per heavy atom. The highest BCUT2D eigenvalue weighted by molar-refractivity contribution is 7.13. The van der Waals surface area contributed by atoms with Crippen molar-refractivity contribution < 1.29 is 9.90 Å². The van der Waals surface area contributed by atoms with Gasteiger partial charge in [-0.2, -0.15) is 0 Å². The molecule has 0 aliphatic rings. The van der Waals surface area contributed by atoms with Crippen LogP contribution in [0.2, 0.25) is 0 Å². The molecule has 2 N–H and O–H groups in total. The summed E-state index contributed by atoms with van der Waals surface area (Å²) >= 11 is 1.38. The van der Waals surface area contributed by atoms with E-state index in [1.165, 1.54) is 11.3 Å². The highest BCUT2D eigenvalue weighted by atomic mass is 32.1. The van der Waals surface area contributed by atoms with Gasteiger partial charge in [0.05, 0.1) is 11.2 Å². The molecule has 0 aliphatic carbocycles. The van der Waals surface area contributed by atoms with Crippen molar-refractivity contribution in [3.05, 3.63) is 16.1 Å². The van der Waals surface area contributed by atoms with Crippen LogP contribution in [0.1, 0.15) is 34.9 Å². The molecule has 0 saturated heterocycles. The minimum atomic E-state index is -0.0993. The summed E-state index contributed by atoms with van der Waals surface area (Å²) in [5, 5.41) is 12.7. The minimum absolute atomic E-state index is 0.0138. The van der Waals surface area contributed by atoms with Gasteiger partial charge in [0.2, 0.25) is 0 Å². The topological polar surface area (TPSA) is 62.2 Å². The molecule has 1 aromatic rings. The average molecular weight is 242 g/mol. The molecule has 0 saturated carbocycles. The first-order chi connectivity index (χ1) is 7.54. The van der Waals surface area contributed by atoms with Gasteiger partial charge in [-0.25, -0.2) is 4.98 Å². The molecule has 1 atom stereocenters. The molecule has 4 nitrogen and oxygen atoms in total. The second kappa shape index (κ2) is 5.96. The van der Waals surface area contributed by atoms with Crippen LogP contribution >= 0.6 is 11.3 Å². The lowest BCUT2D eigenvalue weighted by atomic mass is 10.0. The molecule has 1 rings (SSSR count). The smallest absolute Gasteiger partial charge is 0.263 e. The van der Waals surface area contributed by atoms with Crippen molar-refractivity contribution in [2.45, 2.75) is 33.2 Å². The van der Waals surface area contributed by atoms with Gasteiger partial charge in [0.15, 0.2) is 0 Å². The Morgan fingerprint density at radius 1 is 1.62 bits per heavy atom. The number of carbonyl (C=O) groups excluding carboxylic acids is 1. The fourth-order valence-corrected chi connectivity index (χ4v) is 2.10. The maximum atomic E-state index is 11.8. The van der Waals surface area contributed by atoms with Crippen molar-refractivity contribution in [1.82, 2.24) is 10.3 Å². The number of hydrogen-bond acceptors (Lipinski definition) is 4. The van der Waals surface area contributed by atoms with Gasteiger partial charge in [-0.05, 0) is 19.3 Å². The third-order valence-electron chi connectivity index (χ3n) is 2.41. The first-order valence-electron chi connectivity index (χ1n) is 5.38. The van der Waals surface area contributed by atoms with Crippen LogP contribution in [0.25, 0.3) is 0 Å². The predicted octanol–water partition coefficient (Wildman–Crippen LogP) is 1.59. The zero-order valence-electron chi connectivity index (χ0n) is 9.86. The Labute approximate surface area is 99.7 Å². The number of amides is 1. The molecule has 0 radical (unpaired) electrons. The second-order valence-corrected chi connectivity index (χ2v) is 5.31. The first kappa shape index (κ1) is 13.1. The molecule has 90 valence electrons. The summed E-state index contributed by atoms with van der Waals surface area (Å²) in [4.78, 5) is 16.5. The van der Waals surface area contributed by atoms with Crippen molar-refractivity contribution >= 4 is 17.2 Å². The summed E-state index contributed by atoms with van der Waals surface area (Å²) in [5.74, 6) is 0.211. The predicted molar refractivity (Wildman–Crippen MR) is 64.6 cm³/mol. The number of hydrogen-bond donors (Lipinski definition) is 2. The van der Waals surface area contributed by atoms with E-state index >= 15 is 0 Å². The molecule has 0 fully saturated rings. The molecular weight excluding hydrogens is 224 g/mol. The first-order valence-corrected chi connectivity index (χ1v) is 6.20. The van der Waals surface area contributed by atoms with Crippen LogP contribution in [0.15, 0.2) is 6.20 Å². The number of nitrogens with one attached hydrogen (secondary N) is 1. The molecular formula is C11H18N2O2S. The van der Waals surface area contributed by atoms with Gasteiger partial charge < -0.3 is 10.4 Å². The number of aryl methyl sites for hydroxylation is 1. The van der Waals surface area contributed by atoms with E-state index in [9.17, 15) is 4.79 Å². The summed E-state index contributed by atoms with van der Waals surface area (Å²) in [7, 11) is 0. The largest absolute Gasteiger partial charge is 0.396 e. The van der Waals surface area contributed by atoms with E-state index < -0.39 is 0 Å². The van der Waals surface area contributed by atoms with Gasteiger partial charge in [-0.1, -0.05) is 13.8 Å². The van der Waals surface area contributed by atoms with E-state index in [0.29, 0.717) is 17.2 Å². The maximum absolute atomic E-state index is 11.8. The van der Waals surface area contributed by atoms with Gasteiger partial charge in [0.1, 0.15) is 4.88 Å². The lowest BCUT2D eigenvalue weighted by Crippen LogP contribution is -2.38. The number of thiazole rings is 1. The summed E-state index contributed by atoms with van der Waals surface area (Å²) in [5.41, 5.74) is 0. The summed E-state index contributed by atoms with van der Waals surface area (Å²) < 4.78 is 0. The highest BCUT2D eigenvalue weighted by Gasteiger charge is 2.17. The van der Waals surface area contributed by atoms with Gasteiger partial charge >= 0.3 is 0 Å². The Kier molecular flexibility index (Phi) is 4.89.